The number of carboxylic acid groups (broad SMARTS) is 1. The van der Waals surface area contributed by atoms with Crippen LogP contribution in [0.15, 0.2) is 60.7 Å². The largest absolute Gasteiger partial charge is 0.549 e. The second kappa shape index (κ2) is 8.29. The second-order valence-electron chi connectivity index (χ2n) is 5.89. The van der Waals surface area contributed by atoms with E-state index in [-0.39, 0.29) is 12.5 Å². The van der Waals surface area contributed by atoms with Crippen LogP contribution < -0.4 is 10.4 Å². The van der Waals surface area contributed by atoms with Crippen molar-refractivity contribution in [2.75, 3.05) is 6.54 Å². The summed E-state index contributed by atoms with van der Waals surface area (Å²) in [6, 6.07) is 17.8. The molecule has 1 N–H and O–H groups in total. The van der Waals surface area contributed by atoms with Crippen LogP contribution in [0, 0.1) is 0 Å². The van der Waals surface area contributed by atoms with Crippen molar-refractivity contribution in [3.05, 3.63) is 71.8 Å². The third-order valence-corrected chi connectivity index (χ3v) is 4.26. The smallest absolute Gasteiger partial charge is 0.251 e. The van der Waals surface area contributed by atoms with Gasteiger partial charge in [-0.25, -0.2) is 0 Å². The van der Waals surface area contributed by atoms with E-state index in [1.165, 1.54) is 0 Å². The minimum absolute atomic E-state index is 0.00702. The van der Waals surface area contributed by atoms with Crippen LogP contribution in [0.3, 0.4) is 0 Å². The number of aliphatic carboxylic acids is 1. The minimum atomic E-state index is -1.22. The molecule has 0 aliphatic heterocycles. The standard InChI is InChI=1S/C20H23NO3/c1-2-3-14-20(19(23)24,17-12-8-5-9-13-17)15-21-18(22)16-10-6-4-7-11-16/h4-13H,2-3,14-15H2,1H3,(H,21,22)(H,23,24)/p-1. The first-order valence-corrected chi connectivity index (χ1v) is 8.20. The lowest BCUT2D eigenvalue weighted by Gasteiger charge is -2.35. The third-order valence-electron chi connectivity index (χ3n) is 4.26. The molecule has 24 heavy (non-hydrogen) atoms. The zero-order valence-electron chi connectivity index (χ0n) is 13.8. The number of carbonyl (C=O) groups excluding carboxylic acids is 2. The molecule has 0 aromatic heterocycles. The summed E-state index contributed by atoms with van der Waals surface area (Å²) in [6.07, 6.45) is 2.03. The molecule has 4 heteroatoms. The van der Waals surface area contributed by atoms with Crippen molar-refractivity contribution >= 4 is 11.9 Å². The van der Waals surface area contributed by atoms with E-state index in [0.717, 1.165) is 12.8 Å². The number of hydrogen-bond donors (Lipinski definition) is 1. The van der Waals surface area contributed by atoms with E-state index < -0.39 is 11.4 Å². The first-order valence-electron chi connectivity index (χ1n) is 8.20. The average molecular weight is 324 g/mol. The molecule has 0 spiro atoms. The van der Waals surface area contributed by atoms with Crippen molar-refractivity contribution < 1.29 is 14.7 Å². The molecule has 4 nitrogen and oxygen atoms in total. The predicted octanol–water partition coefficient (Wildman–Crippen LogP) is 2.29. The van der Waals surface area contributed by atoms with Gasteiger partial charge >= 0.3 is 0 Å². The van der Waals surface area contributed by atoms with Crippen LogP contribution >= 0.6 is 0 Å². The van der Waals surface area contributed by atoms with Crippen molar-refractivity contribution in [2.45, 2.75) is 31.6 Å². The number of nitrogens with one attached hydrogen (secondary N) is 1. The van der Waals surface area contributed by atoms with E-state index in [9.17, 15) is 14.7 Å². The third kappa shape index (κ3) is 4.02. The maximum absolute atomic E-state index is 12.3. The molecular weight excluding hydrogens is 302 g/mol. The highest BCUT2D eigenvalue weighted by Gasteiger charge is 2.33. The number of carboxylic acids is 1. The SMILES string of the molecule is CCCCC(CNC(=O)c1ccccc1)(C(=O)[O-])c1ccccc1. The summed E-state index contributed by atoms with van der Waals surface area (Å²) in [5, 5.41) is 14.8. The fraction of sp³-hybridized carbons (Fsp3) is 0.300. The van der Waals surface area contributed by atoms with Crippen LogP contribution in [-0.4, -0.2) is 18.4 Å². The number of rotatable bonds is 8. The molecule has 0 aliphatic rings. The van der Waals surface area contributed by atoms with Gasteiger partial charge in [-0.15, -0.1) is 0 Å². The Balaban J connectivity index is 2.25. The Morgan fingerprint density at radius 1 is 1.00 bits per heavy atom. The Labute approximate surface area is 142 Å². The average Bonchev–Trinajstić information content (AvgIpc) is 2.63. The first kappa shape index (κ1) is 17.7. The first-order chi connectivity index (χ1) is 11.6. The number of benzene rings is 2. The molecular formula is C20H22NO3-. The Bertz CT molecular complexity index is 670. The van der Waals surface area contributed by atoms with Gasteiger partial charge in [-0.05, 0) is 24.1 Å². The molecule has 0 saturated carbocycles. The van der Waals surface area contributed by atoms with E-state index in [1.54, 1.807) is 48.5 Å². The van der Waals surface area contributed by atoms with Gasteiger partial charge in [0.2, 0.25) is 0 Å². The van der Waals surface area contributed by atoms with Crippen molar-refractivity contribution in [1.82, 2.24) is 5.32 Å². The molecule has 0 heterocycles. The highest BCUT2D eigenvalue weighted by Crippen LogP contribution is 2.29. The van der Waals surface area contributed by atoms with E-state index in [2.05, 4.69) is 5.32 Å². The van der Waals surface area contributed by atoms with Gasteiger partial charge in [-0.1, -0.05) is 68.3 Å². The molecule has 0 radical (unpaired) electrons. The molecule has 1 unspecified atom stereocenters. The number of amides is 1. The van der Waals surface area contributed by atoms with E-state index >= 15 is 0 Å². The Kier molecular flexibility index (Phi) is 6.13. The highest BCUT2D eigenvalue weighted by molar-refractivity contribution is 5.94. The molecule has 2 aromatic carbocycles. The molecule has 2 aromatic rings. The Morgan fingerprint density at radius 3 is 2.12 bits per heavy atom. The Morgan fingerprint density at radius 2 is 1.58 bits per heavy atom. The van der Waals surface area contributed by atoms with Crippen molar-refractivity contribution in [2.24, 2.45) is 0 Å². The molecule has 2 rings (SSSR count). The van der Waals surface area contributed by atoms with E-state index in [0.29, 0.717) is 17.5 Å². The van der Waals surface area contributed by atoms with Crippen molar-refractivity contribution in [1.29, 1.82) is 0 Å². The molecule has 0 aliphatic carbocycles. The van der Waals surface area contributed by atoms with Gasteiger partial charge in [0.15, 0.2) is 0 Å². The molecule has 0 bridgehead atoms. The molecule has 1 atom stereocenters. The van der Waals surface area contributed by atoms with Crippen LogP contribution in [0.25, 0.3) is 0 Å². The summed E-state index contributed by atoms with van der Waals surface area (Å²) in [5.41, 5.74) is -0.0538. The predicted molar refractivity (Wildman–Crippen MR) is 91.4 cm³/mol. The van der Waals surface area contributed by atoms with Gasteiger partial charge in [0.05, 0.1) is 11.4 Å². The van der Waals surface area contributed by atoms with Crippen LogP contribution in [0.5, 0.6) is 0 Å². The van der Waals surface area contributed by atoms with Gasteiger partial charge in [0, 0.05) is 12.1 Å². The number of hydrogen-bond acceptors (Lipinski definition) is 3. The van der Waals surface area contributed by atoms with Crippen LogP contribution in [-0.2, 0) is 10.2 Å². The van der Waals surface area contributed by atoms with Gasteiger partial charge < -0.3 is 15.2 Å². The lowest BCUT2D eigenvalue weighted by molar-refractivity contribution is -0.314. The fourth-order valence-electron chi connectivity index (χ4n) is 2.79. The Hall–Kier alpha value is -2.62. The monoisotopic (exact) mass is 324 g/mol. The summed E-state index contributed by atoms with van der Waals surface area (Å²) in [5.74, 6) is -1.44. The summed E-state index contributed by atoms with van der Waals surface area (Å²) in [6.45, 7) is 2.01. The number of unbranched alkanes of at least 4 members (excludes halogenated alkanes) is 1. The van der Waals surface area contributed by atoms with Gasteiger partial charge in [-0.2, -0.15) is 0 Å². The molecule has 1 amide bonds. The van der Waals surface area contributed by atoms with Crippen LogP contribution in [0.1, 0.15) is 42.1 Å². The van der Waals surface area contributed by atoms with Crippen molar-refractivity contribution in [3.8, 4) is 0 Å². The topological polar surface area (TPSA) is 69.2 Å². The summed E-state index contributed by atoms with van der Waals surface area (Å²) < 4.78 is 0. The van der Waals surface area contributed by atoms with Crippen LogP contribution in [0.2, 0.25) is 0 Å². The quantitative estimate of drug-likeness (QED) is 0.810. The summed E-state index contributed by atoms with van der Waals surface area (Å²) in [7, 11) is 0. The number of carbonyl (C=O) groups is 2. The minimum Gasteiger partial charge on any atom is -0.549 e. The summed E-state index contributed by atoms with van der Waals surface area (Å²) >= 11 is 0. The normalized spacial score (nSPS) is 13.0. The lowest BCUT2D eigenvalue weighted by atomic mass is 9.76. The van der Waals surface area contributed by atoms with Crippen LogP contribution in [0.4, 0.5) is 0 Å². The molecule has 126 valence electrons. The van der Waals surface area contributed by atoms with Gasteiger partial charge in [0.1, 0.15) is 0 Å². The highest BCUT2D eigenvalue weighted by atomic mass is 16.4. The lowest BCUT2D eigenvalue weighted by Crippen LogP contribution is -2.53. The maximum atomic E-state index is 12.3. The fourth-order valence-corrected chi connectivity index (χ4v) is 2.79. The van der Waals surface area contributed by atoms with Crippen molar-refractivity contribution in [3.63, 3.8) is 0 Å². The van der Waals surface area contributed by atoms with Gasteiger partial charge in [0.25, 0.3) is 5.91 Å². The zero-order valence-corrected chi connectivity index (χ0v) is 13.8. The van der Waals surface area contributed by atoms with E-state index in [4.69, 9.17) is 0 Å². The second-order valence-corrected chi connectivity index (χ2v) is 5.89. The summed E-state index contributed by atoms with van der Waals surface area (Å²) in [4.78, 5) is 24.3. The zero-order chi connectivity index (χ0) is 17.4. The van der Waals surface area contributed by atoms with Gasteiger partial charge in [-0.3, -0.25) is 4.79 Å². The molecule has 0 fully saturated rings. The van der Waals surface area contributed by atoms with E-state index in [1.807, 2.05) is 19.1 Å². The molecule has 0 saturated heterocycles. The maximum Gasteiger partial charge on any atom is 0.251 e.